The lowest BCUT2D eigenvalue weighted by atomic mass is 10.00. The van der Waals surface area contributed by atoms with Crippen molar-refractivity contribution in [3.05, 3.63) is 33.3 Å². The zero-order valence-electron chi connectivity index (χ0n) is 9.99. The number of anilines is 1. The molecular formula is C12H16ClN3O2. The third-order valence-corrected chi connectivity index (χ3v) is 3.47. The summed E-state index contributed by atoms with van der Waals surface area (Å²) in [6, 6.07) is 4.45. The van der Waals surface area contributed by atoms with Crippen LogP contribution in [0, 0.1) is 16.0 Å². The van der Waals surface area contributed by atoms with Gasteiger partial charge in [-0.25, -0.2) is 0 Å². The van der Waals surface area contributed by atoms with Crippen molar-refractivity contribution in [2.75, 3.05) is 25.0 Å². The average Bonchev–Trinajstić information content (AvgIpc) is 2.38. The number of nitro benzene ring substituents is 1. The van der Waals surface area contributed by atoms with Gasteiger partial charge in [0.15, 0.2) is 0 Å². The van der Waals surface area contributed by atoms with Gasteiger partial charge in [-0.2, -0.15) is 0 Å². The van der Waals surface area contributed by atoms with E-state index in [1.54, 1.807) is 6.07 Å². The zero-order chi connectivity index (χ0) is 13.0. The Morgan fingerprint density at radius 3 is 3.06 bits per heavy atom. The number of hydrogen-bond donors (Lipinski definition) is 2. The van der Waals surface area contributed by atoms with Crippen molar-refractivity contribution in [2.24, 2.45) is 5.92 Å². The van der Waals surface area contributed by atoms with E-state index < -0.39 is 4.92 Å². The predicted octanol–water partition coefficient (Wildman–Crippen LogP) is 2.66. The van der Waals surface area contributed by atoms with Gasteiger partial charge in [-0.1, -0.05) is 11.6 Å². The van der Waals surface area contributed by atoms with E-state index in [9.17, 15) is 10.1 Å². The largest absolute Gasteiger partial charge is 0.383 e. The van der Waals surface area contributed by atoms with Gasteiger partial charge < -0.3 is 10.6 Å². The number of non-ortho nitro benzene ring substituents is 1. The van der Waals surface area contributed by atoms with Crippen LogP contribution in [0.25, 0.3) is 0 Å². The van der Waals surface area contributed by atoms with Crippen LogP contribution in [0.5, 0.6) is 0 Å². The maximum Gasteiger partial charge on any atom is 0.271 e. The van der Waals surface area contributed by atoms with Crippen molar-refractivity contribution < 1.29 is 4.92 Å². The zero-order valence-corrected chi connectivity index (χ0v) is 10.7. The molecule has 1 saturated heterocycles. The van der Waals surface area contributed by atoms with Crippen molar-refractivity contribution in [1.29, 1.82) is 0 Å². The lowest BCUT2D eigenvalue weighted by Gasteiger charge is -2.23. The van der Waals surface area contributed by atoms with Gasteiger partial charge in [0.1, 0.15) is 0 Å². The van der Waals surface area contributed by atoms with E-state index in [0.717, 1.165) is 19.6 Å². The van der Waals surface area contributed by atoms with Gasteiger partial charge in [0.05, 0.1) is 15.6 Å². The molecule has 1 atom stereocenters. The first-order valence-electron chi connectivity index (χ1n) is 6.05. The molecular weight excluding hydrogens is 254 g/mol. The van der Waals surface area contributed by atoms with Crippen molar-refractivity contribution in [2.45, 2.75) is 12.8 Å². The van der Waals surface area contributed by atoms with Crippen LogP contribution < -0.4 is 10.6 Å². The van der Waals surface area contributed by atoms with Gasteiger partial charge in [-0.3, -0.25) is 10.1 Å². The normalized spacial score (nSPS) is 19.5. The van der Waals surface area contributed by atoms with Gasteiger partial charge in [0, 0.05) is 18.7 Å². The molecule has 1 aromatic carbocycles. The summed E-state index contributed by atoms with van der Waals surface area (Å²) in [5.74, 6) is 0.550. The first kappa shape index (κ1) is 13.1. The molecule has 1 heterocycles. The fourth-order valence-corrected chi connectivity index (χ4v) is 2.30. The summed E-state index contributed by atoms with van der Waals surface area (Å²) in [5.41, 5.74) is 0.695. The highest BCUT2D eigenvalue weighted by Gasteiger charge is 2.14. The maximum absolute atomic E-state index is 10.7. The van der Waals surface area contributed by atoms with E-state index in [1.807, 2.05) is 0 Å². The Kier molecular flexibility index (Phi) is 4.38. The summed E-state index contributed by atoms with van der Waals surface area (Å²) in [6.45, 7) is 2.85. The van der Waals surface area contributed by atoms with Gasteiger partial charge in [0.25, 0.3) is 5.69 Å². The maximum atomic E-state index is 10.7. The topological polar surface area (TPSA) is 67.2 Å². The molecule has 1 aliphatic heterocycles. The Balaban J connectivity index is 1.99. The van der Waals surface area contributed by atoms with Crippen molar-refractivity contribution >= 4 is 23.0 Å². The fourth-order valence-electron chi connectivity index (χ4n) is 2.11. The highest BCUT2D eigenvalue weighted by molar-refractivity contribution is 6.33. The lowest BCUT2D eigenvalue weighted by molar-refractivity contribution is -0.384. The Hall–Kier alpha value is -1.33. The molecule has 18 heavy (non-hydrogen) atoms. The minimum Gasteiger partial charge on any atom is -0.383 e. The molecule has 5 nitrogen and oxygen atoms in total. The van der Waals surface area contributed by atoms with E-state index in [1.165, 1.54) is 25.0 Å². The number of nitro groups is 1. The molecule has 2 N–H and O–H groups in total. The van der Waals surface area contributed by atoms with Crippen molar-refractivity contribution in [3.63, 3.8) is 0 Å². The van der Waals surface area contributed by atoms with Crippen molar-refractivity contribution in [3.8, 4) is 0 Å². The summed E-state index contributed by atoms with van der Waals surface area (Å²) < 4.78 is 0. The molecule has 0 radical (unpaired) electrons. The van der Waals surface area contributed by atoms with E-state index in [0.29, 0.717) is 16.6 Å². The smallest absolute Gasteiger partial charge is 0.271 e. The molecule has 0 bridgehead atoms. The molecule has 98 valence electrons. The first-order valence-corrected chi connectivity index (χ1v) is 6.43. The lowest BCUT2D eigenvalue weighted by Crippen LogP contribution is -2.33. The van der Waals surface area contributed by atoms with Crippen LogP contribution in [0.1, 0.15) is 12.8 Å². The Morgan fingerprint density at radius 1 is 1.56 bits per heavy atom. The number of nitrogens with one attached hydrogen (secondary N) is 2. The summed E-state index contributed by atoms with van der Waals surface area (Å²) in [5, 5.41) is 17.7. The summed E-state index contributed by atoms with van der Waals surface area (Å²) >= 11 is 6.02. The van der Waals surface area contributed by atoms with Crippen molar-refractivity contribution in [1.82, 2.24) is 5.32 Å². The number of rotatable bonds is 4. The van der Waals surface area contributed by atoms with Gasteiger partial charge >= 0.3 is 0 Å². The number of piperidine rings is 1. The second kappa shape index (κ2) is 6.02. The third-order valence-electron chi connectivity index (χ3n) is 3.14. The van der Waals surface area contributed by atoms with Gasteiger partial charge in [-0.15, -0.1) is 0 Å². The molecule has 2 rings (SSSR count). The van der Waals surface area contributed by atoms with Crippen LogP contribution in [0.4, 0.5) is 11.4 Å². The monoisotopic (exact) mass is 269 g/mol. The second-order valence-electron chi connectivity index (χ2n) is 4.51. The summed E-state index contributed by atoms with van der Waals surface area (Å²) in [4.78, 5) is 10.3. The summed E-state index contributed by atoms with van der Waals surface area (Å²) in [7, 11) is 0. The summed E-state index contributed by atoms with van der Waals surface area (Å²) in [6.07, 6.45) is 2.35. The van der Waals surface area contributed by atoms with Gasteiger partial charge in [-0.05, 0) is 37.9 Å². The third kappa shape index (κ3) is 3.34. The molecule has 0 saturated carbocycles. The Labute approximate surface area is 111 Å². The Bertz CT molecular complexity index is 433. The molecule has 0 spiro atoms. The van der Waals surface area contributed by atoms with E-state index in [2.05, 4.69) is 10.6 Å². The molecule has 1 unspecified atom stereocenters. The number of hydrogen-bond acceptors (Lipinski definition) is 4. The van der Waals surface area contributed by atoms with E-state index in [-0.39, 0.29) is 5.69 Å². The van der Waals surface area contributed by atoms with Crippen LogP contribution in [-0.2, 0) is 0 Å². The molecule has 6 heteroatoms. The van der Waals surface area contributed by atoms with E-state index in [4.69, 9.17) is 11.6 Å². The molecule has 1 fully saturated rings. The van der Waals surface area contributed by atoms with Crippen LogP contribution in [0.2, 0.25) is 5.02 Å². The molecule has 0 aromatic heterocycles. The van der Waals surface area contributed by atoms with Crippen LogP contribution in [-0.4, -0.2) is 24.6 Å². The van der Waals surface area contributed by atoms with Crippen LogP contribution >= 0.6 is 11.6 Å². The molecule has 0 amide bonds. The predicted molar refractivity (Wildman–Crippen MR) is 72.2 cm³/mol. The van der Waals surface area contributed by atoms with Gasteiger partial charge in [0.2, 0.25) is 0 Å². The highest BCUT2D eigenvalue weighted by atomic mass is 35.5. The average molecular weight is 270 g/mol. The minimum atomic E-state index is -0.413. The fraction of sp³-hybridized carbons (Fsp3) is 0.500. The minimum absolute atomic E-state index is 0.0590. The first-order chi connectivity index (χ1) is 8.66. The second-order valence-corrected chi connectivity index (χ2v) is 4.92. The SMILES string of the molecule is O=[N+]([O-])c1ccc(Cl)c(NCC2CCCNC2)c1. The number of nitrogens with zero attached hydrogens (tertiary/aromatic N) is 1. The number of benzene rings is 1. The van der Waals surface area contributed by atoms with Crippen LogP contribution in [0.15, 0.2) is 18.2 Å². The quantitative estimate of drug-likeness (QED) is 0.651. The molecule has 0 aliphatic carbocycles. The number of halogens is 1. The van der Waals surface area contributed by atoms with E-state index >= 15 is 0 Å². The molecule has 1 aliphatic rings. The molecule has 1 aromatic rings. The Morgan fingerprint density at radius 2 is 2.39 bits per heavy atom. The highest BCUT2D eigenvalue weighted by Crippen LogP contribution is 2.27. The van der Waals surface area contributed by atoms with Crippen LogP contribution in [0.3, 0.4) is 0 Å². The standard InChI is InChI=1S/C12H16ClN3O2/c13-11-4-3-10(16(17)18)6-12(11)15-8-9-2-1-5-14-7-9/h3-4,6,9,14-15H,1-2,5,7-8H2.